The first-order chi connectivity index (χ1) is 6.29. The van der Waals surface area contributed by atoms with Crippen molar-refractivity contribution in [3.8, 4) is 11.7 Å². The quantitative estimate of drug-likeness (QED) is 0.607. The molecule has 6 nitrogen and oxygen atoms in total. The Morgan fingerprint density at radius 2 is 2.38 bits per heavy atom. The van der Waals surface area contributed by atoms with Gasteiger partial charge in [-0.3, -0.25) is 9.55 Å². The first-order valence-electron chi connectivity index (χ1n) is 3.54. The molecule has 0 saturated carbocycles. The fourth-order valence-corrected chi connectivity index (χ4v) is 0.996. The Morgan fingerprint density at radius 3 is 2.92 bits per heavy atom. The highest BCUT2D eigenvalue weighted by Gasteiger charge is 2.01. The Hall–Kier alpha value is -2.11. The van der Waals surface area contributed by atoms with Crippen LogP contribution in [0.2, 0.25) is 0 Å². The molecule has 0 aromatic carbocycles. The lowest BCUT2D eigenvalue weighted by atomic mass is 10.4. The van der Waals surface area contributed by atoms with Crippen LogP contribution in [0.4, 0.5) is 0 Å². The summed E-state index contributed by atoms with van der Waals surface area (Å²) in [6, 6.07) is 2.61. The van der Waals surface area contributed by atoms with E-state index in [0.29, 0.717) is 5.69 Å². The number of aromatic nitrogens is 4. The highest BCUT2D eigenvalue weighted by Crippen LogP contribution is 2.05. The zero-order valence-electron chi connectivity index (χ0n) is 6.47. The van der Waals surface area contributed by atoms with E-state index in [1.54, 1.807) is 18.3 Å². The Labute approximate surface area is 72.5 Å². The van der Waals surface area contributed by atoms with E-state index in [1.807, 2.05) is 0 Å². The largest absolute Gasteiger partial charge is 0.844 e. The van der Waals surface area contributed by atoms with Crippen LogP contribution in [0.25, 0.3) is 5.69 Å². The Kier molecular flexibility index (Phi) is 1.59. The van der Waals surface area contributed by atoms with Crippen molar-refractivity contribution in [1.29, 1.82) is 0 Å². The molecule has 0 unspecified atom stereocenters. The molecule has 2 heterocycles. The standard InChI is InChI=1S/C7H6N4O2/c12-6-9-10-7(13)11(6)5-2-1-3-8-4-5/h1-4H,(H,9,12)(H,10,13)/p-1. The molecule has 1 N–H and O–H groups in total. The minimum absolute atomic E-state index is 0.409. The molecule has 0 aliphatic rings. The number of rotatable bonds is 1. The zero-order chi connectivity index (χ0) is 9.26. The Morgan fingerprint density at radius 1 is 1.54 bits per heavy atom. The molecule has 0 aliphatic carbocycles. The van der Waals surface area contributed by atoms with Gasteiger partial charge in [0.1, 0.15) is 0 Å². The van der Waals surface area contributed by atoms with Crippen LogP contribution in [0, 0.1) is 0 Å². The maximum Gasteiger partial charge on any atom is 0.347 e. The Balaban J connectivity index is 2.65. The molecule has 66 valence electrons. The van der Waals surface area contributed by atoms with Gasteiger partial charge in [0.15, 0.2) is 0 Å². The van der Waals surface area contributed by atoms with Crippen LogP contribution in [0.15, 0.2) is 29.3 Å². The van der Waals surface area contributed by atoms with Gasteiger partial charge in [0, 0.05) is 6.20 Å². The summed E-state index contributed by atoms with van der Waals surface area (Å²) in [5.41, 5.74) is -0.149. The van der Waals surface area contributed by atoms with E-state index in [2.05, 4.69) is 15.2 Å². The number of hydrogen-bond donors (Lipinski definition) is 1. The fraction of sp³-hybridized carbons (Fsp3) is 0. The van der Waals surface area contributed by atoms with E-state index < -0.39 is 11.7 Å². The highest BCUT2D eigenvalue weighted by molar-refractivity contribution is 5.29. The SMILES string of the molecule is O=c1[nH]nc([O-])n1-c1cccnc1. The van der Waals surface area contributed by atoms with E-state index >= 15 is 0 Å². The third kappa shape index (κ3) is 1.18. The third-order valence-electron chi connectivity index (χ3n) is 1.55. The first-order valence-corrected chi connectivity index (χ1v) is 3.54. The monoisotopic (exact) mass is 177 g/mol. The molecule has 13 heavy (non-hydrogen) atoms. The van der Waals surface area contributed by atoms with E-state index in [-0.39, 0.29) is 0 Å². The number of H-pyrrole nitrogens is 1. The molecule has 0 atom stereocenters. The van der Waals surface area contributed by atoms with Crippen molar-refractivity contribution in [2.24, 2.45) is 0 Å². The first kappa shape index (κ1) is 7.53. The van der Waals surface area contributed by atoms with Crippen molar-refractivity contribution in [3.05, 3.63) is 35.0 Å². The smallest absolute Gasteiger partial charge is 0.347 e. The topological polar surface area (TPSA) is 86.6 Å². The molecule has 2 rings (SSSR count). The summed E-state index contributed by atoms with van der Waals surface area (Å²) in [6.45, 7) is 0. The van der Waals surface area contributed by atoms with Crippen LogP contribution in [0.3, 0.4) is 0 Å². The van der Waals surface area contributed by atoms with Crippen molar-refractivity contribution in [1.82, 2.24) is 19.7 Å². The second-order valence-corrected chi connectivity index (χ2v) is 2.36. The van der Waals surface area contributed by atoms with Crippen LogP contribution in [0.5, 0.6) is 6.01 Å². The minimum Gasteiger partial charge on any atom is -0.844 e. The van der Waals surface area contributed by atoms with Gasteiger partial charge in [-0.1, -0.05) is 0 Å². The number of aromatic amines is 1. The minimum atomic E-state index is -0.627. The molecule has 6 heteroatoms. The van der Waals surface area contributed by atoms with Crippen molar-refractivity contribution >= 4 is 0 Å². The summed E-state index contributed by atoms with van der Waals surface area (Å²) < 4.78 is 0.910. The molecule has 0 bridgehead atoms. The normalized spacial score (nSPS) is 10.2. The molecule has 0 fully saturated rings. The van der Waals surface area contributed by atoms with Gasteiger partial charge in [0.25, 0.3) is 0 Å². The summed E-state index contributed by atoms with van der Waals surface area (Å²) in [7, 11) is 0. The van der Waals surface area contributed by atoms with Gasteiger partial charge in [-0.15, -0.1) is 0 Å². The lowest BCUT2D eigenvalue weighted by molar-refractivity contribution is -0.284. The molecule has 2 aromatic rings. The lowest BCUT2D eigenvalue weighted by Gasteiger charge is -2.05. The average Bonchev–Trinajstić information content (AvgIpc) is 2.48. The van der Waals surface area contributed by atoms with Crippen molar-refractivity contribution in [2.75, 3.05) is 0 Å². The molecular formula is C7H5N4O2-. The van der Waals surface area contributed by atoms with Gasteiger partial charge in [-0.05, 0) is 12.1 Å². The van der Waals surface area contributed by atoms with Gasteiger partial charge in [0.2, 0.25) is 0 Å². The predicted octanol–water partition coefficient (Wildman–Crippen LogP) is -0.971. The summed E-state index contributed by atoms with van der Waals surface area (Å²) in [5, 5.41) is 16.3. The van der Waals surface area contributed by atoms with Crippen molar-refractivity contribution < 1.29 is 5.11 Å². The molecule has 0 aliphatic heterocycles. The number of pyridine rings is 1. The van der Waals surface area contributed by atoms with Crippen LogP contribution in [0.1, 0.15) is 0 Å². The summed E-state index contributed by atoms with van der Waals surface area (Å²) in [5.74, 6) is 0. The van der Waals surface area contributed by atoms with E-state index in [0.717, 1.165) is 4.57 Å². The average molecular weight is 177 g/mol. The van der Waals surface area contributed by atoms with Crippen LogP contribution < -0.4 is 10.8 Å². The maximum atomic E-state index is 11.1. The summed E-state index contributed by atoms with van der Waals surface area (Å²) >= 11 is 0. The molecule has 0 radical (unpaired) electrons. The molecule has 0 spiro atoms. The molecular weight excluding hydrogens is 172 g/mol. The maximum absolute atomic E-state index is 11.1. The lowest BCUT2D eigenvalue weighted by Crippen LogP contribution is -2.16. The van der Waals surface area contributed by atoms with Crippen molar-refractivity contribution in [3.63, 3.8) is 0 Å². The fourth-order valence-electron chi connectivity index (χ4n) is 0.996. The van der Waals surface area contributed by atoms with Gasteiger partial charge < -0.3 is 5.11 Å². The number of nitrogens with zero attached hydrogens (tertiary/aromatic N) is 3. The summed E-state index contributed by atoms with van der Waals surface area (Å²) in [6.07, 6.45) is 2.97. The zero-order valence-corrected chi connectivity index (χ0v) is 6.47. The van der Waals surface area contributed by atoms with Gasteiger partial charge >= 0.3 is 5.69 Å². The van der Waals surface area contributed by atoms with Gasteiger partial charge in [-0.2, -0.15) is 5.10 Å². The molecule has 0 saturated heterocycles. The number of nitrogens with one attached hydrogen (secondary N) is 1. The molecule has 2 aromatic heterocycles. The number of hydrogen-bond acceptors (Lipinski definition) is 4. The van der Waals surface area contributed by atoms with Crippen LogP contribution >= 0.6 is 0 Å². The highest BCUT2D eigenvalue weighted by atomic mass is 16.3. The van der Waals surface area contributed by atoms with E-state index in [4.69, 9.17) is 0 Å². The van der Waals surface area contributed by atoms with Gasteiger partial charge in [0.05, 0.1) is 17.9 Å². The Bertz CT molecular complexity index is 459. The predicted molar refractivity (Wildman–Crippen MR) is 41.4 cm³/mol. The van der Waals surface area contributed by atoms with Crippen molar-refractivity contribution in [2.45, 2.75) is 0 Å². The van der Waals surface area contributed by atoms with Gasteiger partial charge in [-0.25, -0.2) is 9.89 Å². The third-order valence-corrected chi connectivity index (χ3v) is 1.55. The van der Waals surface area contributed by atoms with Crippen LogP contribution in [-0.2, 0) is 0 Å². The second-order valence-electron chi connectivity index (χ2n) is 2.36. The molecule has 0 amide bonds. The van der Waals surface area contributed by atoms with Crippen LogP contribution in [-0.4, -0.2) is 19.7 Å². The van der Waals surface area contributed by atoms with E-state index in [1.165, 1.54) is 6.20 Å². The second kappa shape index (κ2) is 2.74. The van der Waals surface area contributed by atoms with E-state index in [9.17, 15) is 9.90 Å². The summed E-state index contributed by atoms with van der Waals surface area (Å²) in [4.78, 5) is 14.8.